The van der Waals surface area contributed by atoms with Crippen LogP contribution in [-0.2, 0) is 11.2 Å². The first-order valence-electron chi connectivity index (χ1n) is 7.63. The van der Waals surface area contributed by atoms with E-state index in [9.17, 15) is 4.79 Å². The molecule has 0 radical (unpaired) electrons. The number of hydrogen-bond acceptors (Lipinski definition) is 6. The Hall–Kier alpha value is -1.99. The quantitative estimate of drug-likeness (QED) is 0.903. The van der Waals surface area contributed by atoms with Crippen LogP contribution in [0.25, 0.3) is 0 Å². The van der Waals surface area contributed by atoms with E-state index < -0.39 is 0 Å². The highest BCUT2D eigenvalue weighted by Crippen LogP contribution is 2.29. The first kappa shape index (κ1) is 15.9. The van der Waals surface area contributed by atoms with Crippen LogP contribution < -0.4 is 5.32 Å². The van der Waals surface area contributed by atoms with Crippen molar-refractivity contribution in [3.8, 4) is 0 Å². The van der Waals surface area contributed by atoms with Gasteiger partial charge in [0.2, 0.25) is 11.8 Å². The number of pyridine rings is 1. The van der Waals surface area contributed by atoms with Crippen LogP contribution in [-0.4, -0.2) is 39.0 Å². The Morgan fingerprint density at radius 1 is 1.52 bits per heavy atom. The van der Waals surface area contributed by atoms with Gasteiger partial charge in [-0.2, -0.15) is 4.98 Å². The summed E-state index contributed by atoms with van der Waals surface area (Å²) >= 11 is 5.78. The standard InChI is InChI=1S/C15H18ClN5O2/c1-2-14-19-15(20-23-14)11-4-3-7-21(11)9-13(22)18-12-6-5-10(16)8-17-12/h5-6,8,11H,2-4,7,9H2,1H3,(H,17,18,22)/t11-/m0/s1. The van der Waals surface area contributed by atoms with E-state index >= 15 is 0 Å². The van der Waals surface area contributed by atoms with Crippen molar-refractivity contribution in [3.05, 3.63) is 35.1 Å². The minimum Gasteiger partial charge on any atom is -0.339 e. The van der Waals surface area contributed by atoms with Crippen molar-refractivity contribution in [1.82, 2.24) is 20.0 Å². The second-order valence-electron chi connectivity index (χ2n) is 5.44. The van der Waals surface area contributed by atoms with Gasteiger partial charge in [-0.1, -0.05) is 23.7 Å². The van der Waals surface area contributed by atoms with Crippen LogP contribution in [0.15, 0.2) is 22.9 Å². The second kappa shape index (κ2) is 7.06. The van der Waals surface area contributed by atoms with E-state index in [0.717, 1.165) is 19.4 Å². The number of carbonyl (C=O) groups is 1. The number of hydrogen-bond donors (Lipinski definition) is 1. The predicted octanol–water partition coefficient (Wildman–Crippen LogP) is 2.46. The maximum absolute atomic E-state index is 12.2. The Kier molecular flexibility index (Phi) is 4.88. The molecule has 1 atom stereocenters. The number of amides is 1. The maximum Gasteiger partial charge on any atom is 0.239 e. The van der Waals surface area contributed by atoms with Crippen molar-refractivity contribution >= 4 is 23.3 Å². The Balaban J connectivity index is 1.61. The van der Waals surface area contributed by atoms with Crippen LogP contribution in [0.3, 0.4) is 0 Å². The van der Waals surface area contributed by atoms with E-state index in [1.165, 1.54) is 6.20 Å². The van der Waals surface area contributed by atoms with E-state index in [4.69, 9.17) is 16.1 Å². The molecule has 3 heterocycles. The molecule has 2 aromatic heterocycles. The highest BCUT2D eigenvalue weighted by Gasteiger charge is 2.31. The van der Waals surface area contributed by atoms with Gasteiger partial charge in [-0.05, 0) is 31.5 Å². The molecule has 8 heteroatoms. The molecular formula is C15H18ClN5O2. The molecule has 1 aliphatic rings. The normalized spacial score (nSPS) is 18.3. The summed E-state index contributed by atoms with van der Waals surface area (Å²) < 4.78 is 5.18. The first-order valence-corrected chi connectivity index (χ1v) is 8.01. The monoisotopic (exact) mass is 335 g/mol. The summed E-state index contributed by atoms with van der Waals surface area (Å²) in [5, 5.41) is 7.34. The third-order valence-corrected chi connectivity index (χ3v) is 4.01. The predicted molar refractivity (Wildman–Crippen MR) is 85.1 cm³/mol. The fraction of sp³-hybridized carbons (Fsp3) is 0.467. The molecule has 1 fully saturated rings. The van der Waals surface area contributed by atoms with Crippen molar-refractivity contribution in [2.45, 2.75) is 32.2 Å². The summed E-state index contributed by atoms with van der Waals surface area (Å²) in [6.45, 7) is 3.07. The molecule has 0 saturated carbocycles. The van der Waals surface area contributed by atoms with Gasteiger partial charge in [0.1, 0.15) is 5.82 Å². The fourth-order valence-corrected chi connectivity index (χ4v) is 2.78. The summed E-state index contributed by atoms with van der Waals surface area (Å²) in [7, 11) is 0. The Bertz CT molecular complexity index is 673. The van der Waals surface area contributed by atoms with Gasteiger partial charge in [-0.15, -0.1) is 0 Å². The number of carbonyl (C=O) groups excluding carboxylic acids is 1. The lowest BCUT2D eigenvalue weighted by Gasteiger charge is -2.20. The molecule has 0 spiro atoms. The average molecular weight is 336 g/mol. The molecule has 0 bridgehead atoms. The van der Waals surface area contributed by atoms with Crippen molar-refractivity contribution in [2.24, 2.45) is 0 Å². The van der Waals surface area contributed by atoms with Gasteiger partial charge in [-0.25, -0.2) is 4.98 Å². The van der Waals surface area contributed by atoms with Gasteiger partial charge in [0.25, 0.3) is 0 Å². The number of nitrogens with one attached hydrogen (secondary N) is 1. The molecular weight excluding hydrogens is 318 g/mol. The molecule has 23 heavy (non-hydrogen) atoms. The Morgan fingerprint density at radius 3 is 3.09 bits per heavy atom. The van der Waals surface area contributed by atoms with Gasteiger partial charge in [0.05, 0.1) is 17.6 Å². The Morgan fingerprint density at radius 2 is 2.39 bits per heavy atom. The zero-order valence-electron chi connectivity index (χ0n) is 12.8. The van der Waals surface area contributed by atoms with Crippen molar-refractivity contribution in [2.75, 3.05) is 18.4 Å². The van der Waals surface area contributed by atoms with Crippen LogP contribution in [0.2, 0.25) is 5.02 Å². The lowest BCUT2D eigenvalue weighted by atomic mass is 10.2. The lowest BCUT2D eigenvalue weighted by Crippen LogP contribution is -2.33. The van der Waals surface area contributed by atoms with Crippen LogP contribution in [0.5, 0.6) is 0 Å². The summed E-state index contributed by atoms with van der Waals surface area (Å²) in [6, 6.07) is 3.39. The number of likely N-dealkylation sites (tertiary alicyclic amines) is 1. The Labute approximate surface area is 139 Å². The van der Waals surface area contributed by atoms with Crippen LogP contribution in [0.1, 0.15) is 37.5 Å². The maximum atomic E-state index is 12.2. The number of anilines is 1. The molecule has 2 aromatic rings. The van der Waals surface area contributed by atoms with E-state index in [2.05, 4.69) is 25.3 Å². The first-order chi connectivity index (χ1) is 11.2. The van der Waals surface area contributed by atoms with Gasteiger partial charge >= 0.3 is 0 Å². The third kappa shape index (κ3) is 3.86. The molecule has 0 unspecified atom stereocenters. The molecule has 0 aromatic carbocycles. The molecule has 1 saturated heterocycles. The average Bonchev–Trinajstić information content (AvgIpc) is 3.18. The molecule has 1 N–H and O–H groups in total. The third-order valence-electron chi connectivity index (χ3n) is 3.79. The summed E-state index contributed by atoms with van der Waals surface area (Å²) in [4.78, 5) is 22.7. The van der Waals surface area contributed by atoms with Crippen molar-refractivity contribution in [1.29, 1.82) is 0 Å². The molecule has 0 aliphatic carbocycles. The highest BCUT2D eigenvalue weighted by molar-refractivity contribution is 6.30. The van der Waals surface area contributed by atoms with E-state index in [1.54, 1.807) is 12.1 Å². The smallest absolute Gasteiger partial charge is 0.239 e. The van der Waals surface area contributed by atoms with Gasteiger partial charge in [0, 0.05) is 12.6 Å². The van der Waals surface area contributed by atoms with Crippen molar-refractivity contribution < 1.29 is 9.32 Å². The lowest BCUT2D eigenvalue weighted by molar-refractivity contribution is -0.117. The number of aromatic nitrogens is 3. The topological polar surface area (TPSA) is 84.2 Å². The molecule has 1 amide bonds. The minimum absolute atomic E-state index is 0.0305. The second-order valence-corrected chi connectivity index (χ2v) is 5.87. The molecule has 122 valence electrons. The van der Waals surface area contributed by atoms with Gasteiger partial charge < -0.3 is 9.84 Å². The van der Waals surface area contributed by atoms with Crippen molar-refractivity contribution in [3.63, 3.8) is 0 Å². The van der Waals surface area contributed by atoms with E-state index in [-0.39, 0.29) is 18.5 Å². The molecule has 1 aliphatic heterocycles. The van der Waals surface area contributed by atoms with Crippen LogP contribution in [0, 0.1) is 0 Å². The summed E-state index contributed by atoms with van der Waals surface area (Å²) in [6.07, 6.45) is 4.15. The minimum atomic E-state index is -0.120. The van der Waals surface area contributed by atoms with Gasteiger partial charge in [0.15, 0.2) is 5.82 Å². The molecule has 3 rings (SSSR count). The summed E-state index contributed by atoms with van der Waals surface area (Å²) in [5.74, 6) is 1.66. The SMILES string of the molecule is CCc1nc([C@@H]2CCCN2CC(=O)Nc2ccc(Cl)cn2)no1. The number of rotatable bonds is 5. The van der Waals surface area contributed by atoms with E-state index in [0.29, 0.717) is 29.0 Å². The zero-order valence-corrected chi connectivity index (χ0v) is 13.6. The zero-order chi connectivity index (χ0) is 16.2. The van der Waals surface area contributed by atoms with Crippen LogP contribution >= 0.6 is 11.6 Å². The number of halogens is 1. The molecule has 7 nitrogen and oxygen atoms in total. The fourth-order valence-electron chi connectivity index (χ4n) is 2.67. The number of aryl methyl sites for hydroxylation is 1. The summed E-state index contributed by atoms with van der Waals surface area (Å²) in [5.41, 5.74) is 0. The van der Waals surface area contributed by atoms with Crippen LogP contribution in [0.4, 0.5) is 5.82 Å². The van der Waals surface area contributed by atoms with Gasteiger partial charge in [-0.3, -0.25) is 9.69 Å². The highest BCUT2D eigenvalue weighted by atomic mass is 35.5. The largest absolute Gasteiger partial charge is 0.339 e. The van der Waals surface area contributed by atoms with E-state index in [1.807, 2.05) is 6.92 Å². The number of nitrogens with zero attached hydrogens (tertiary/aromatic N) is 4.